The van der Waals surface area contributed by atoms with E-state index in [9.17, 15) is 4.79 Å². The maximum absolute atomic E-state index is 12.4. The summed E-state index contributed by atoms with van der Waals surface area (Å²) in [5.41, 5.74) is 0.989. The molecule has 0 bridgehead atoms. The largest absolute Gasteiger partial charge is 0.464 e. The second kappa shape index (κ2) is 5.21. The van der Waals surface area contributed by atoms with Crippen LogP contribution >= 0.6 is 11.3 Å². The van der Waals surface area contributed by atoms with Crippen LogP contribution in [0.2, 0.25) is 0 Å². The normalized spacial score (nSPS) is 19.6. The summed E-state index contributed by atoms with van der Waals surface area (Å²) < 4.78 is 5.36. The van der Waals surface area contributed by atoms with Gasteiger partial charge >= 0.3 is 0 Å². The maximum Gasteiger partial charge on any atom is 0.263 e. The smallest absolute Gasteiger partial charge is 0.263 e. The first-order chi connectivity index (χ1) is 9.24. The summed E-state index contributed by atoms with van der Waals surface area (Å²) in [7, 11) is 0. The predicted molar refractivity (Wildman–Crippen MR) is 76.3 cm³/mol. The molecule has 0 unspecified atom stereocenters. The molecule has 0 spiro atoms. The summed E-state index contributed by atoms with van der Waals surface area (Å²) >= 11 is 1.50. The van der Waals surface area contributed by atoms with E-state index in [-0.39, 0.29) is 5.91 Å². The fourth-order valence-corrected chi connectivity index (χ4v) is 3.41. The lowest BCUT2D eigenvalue weighted by Crippen LogP contribution is -2.38. The van der Waals surface area contributed by atoms with Crippen LogP contribution in [-0.2, 0) is 0 Å². The number of rotatable bonds is 2. The number of furan rings is 1. The van der Waals surface area contributed by atoms with Crippen molar-refractivity contribution in [3.8, 4) is 11.3 Å². The zero-order valence-electron chi connectivity index (χ0n) is 11.0. The summed E-state index contributed by atoms with van der Waals surface area (Å²) in [4.78, 5) is 15.2. The van der Waals surface area contributed by atoms with Crippen LogP contribution < -0.4 is 0 Å². The average molecular weight is 275 g/mol. The minimum atomic E-state index is 0.161. The minimum absolute atomic E-state index is 0.161. The number of thiophene rings is 1. The lowest BCUT2D eigenvalue weighted by Gasteiger charge is -2.30. The van der Waals surface area contributed by atoms with Gasteiger partial charge in [0.05, 0.1) is 11.1 Å². The maximum atomic E-state index is 12.4. The number of carbonyl (C=O) groups excluding carboxylic acids is 1. The molecule has 1 fully saturated rings. The van der Waals surface area contributed by atoms with Crippen molar-refractivity contribution in [2.75, 3.05) is 13.1 Å². The number of carbonyl (C=O) groups is 1. The SMILES string of the molecule is C[C@H]1CCCN(C(=O)c2cc(-c3ccco3)cs2)C1. The van der Waals surface area contributed by atoms with Crippen LogP contribution in [0.1, 0.15) is 29.4 Å². The molecule has 0 N–H and O–H groups in total. The fourth-order valence-electron chi connectivity index (χ4n) is 2.55. The highest BCUT2D eigenvalue weighted by atomic mass is 32.1. The Kier molecular flexibility index (Phi) is 3.42. The van der Waals surface area contributed by atoms with Gasteiger partial charge in [0.15, 0.2) is 0 Å². The lowest BCUT2D eigenvalue weighted by molar-refractivity contribution is 0.0688. The molecule has 3 rings (SSSR count). The molecule has 1 saturated heterocycles. The van der Waals surface area contributed by atoms with E-state index < -0.39 is 0 Å². The van der Waals surface area contributed by atoms with Crippen molar-refractivity contribution >= 4 is 17.2 Å². The highest BCUT2D eigenvalue weighted by Crippen LogP contribution is 2.28. The van der Waals surface area contributed by atoms with Crippen LogP contribution in [0, 0.1) is 5.92 Å². The summed E-state index contributed by atoms with van der Waals surface area (Å²) in [6.45, 7) is 3.98. The first-order valence-electron chi connectivity index (χ1n) is 6.66. The Morgan fingerprint density at radius 2 is 2.42 bits per heavy atom. The second-order valence-electron chi connectivity index (χ2n) is 5.18. The van der Waals surface area contributed by atoms with Gasteiger partial charge in [0.1, 0.15) is 5.76 Å². The number of hydrogen-bond donors (Lipinski definition) is 0. The van der Waals surface area contributed by atoms with Gasteiger partial charge in [0.25, 0.3) is 5.91 Å². The van der Waals surface area contributed by atoms with Crippen molar-refractivity contribution in [3.63, 3.8) is 0 Å². The Balaban J connectivity index is 1.77. The molecular weight excluding hydrogens is 258 g/mol. The molecule has 19 heavy (non-hydrogen) atoms. The van der Waals surface area contributed by atoms with Crippen molar-refractivity contribution < 1.29 is 9.21 Å². The summed E-state index contributed by atoms with van der Waals surface area (Å²) in [6, 6.07) is 5.71. The van der Waals surface area contributed by atoms with Crippen LogP contribution in [0.15, 0.2) is 34.3 Å². The lowest BCUT2D eigenvalue weighted by atomic mass is 10.0. The van der Waals surface area contributed by atoms with Gasteiger partial charge in [-0.25, -0.2) is 0 Å². The molecule has 3 heterocycles. The van der Waals surface area contributed by atoms with Gasteiger partial charge in [-0.05, 0) is 37.0 Å². The van der Waals surface area contributed by atoms with Crippen LogP contribution in [0.25, 0.3) is 11.3 Å². The number of hydrogen-bond acceptors (Lipinski definition) is 3. The second-order valence-corrected chi connectivity index (χ2v) is 6.09. The Hall–Kier alpha value is -1.55. The zero-order valence-corrected chi connectivity index (χ0v) is 11.8. The summed E-state index contributed by atoms with van der Waals surface area (Å²) in [6.07, 6.45) is 4.00. The number of nitrogens with zero attached hydrogens (tertiary/aromatic N) is 1. The van der Waals surface area contributed by atoms with Crippen LogP contribution in [0.3, 0.4) is 0 Å². The zero-order chi connectivity index (χ0) is 13.2. The minimum Gasteiger partial charge on any atom is -0.464 e. The quantitative estimate of drug-likeness (QED) is 0.833. The van der Waals surface area contributed by atoms with Crippen molar-refractivity contribution in [1.29, 1.82) is 0 Å². The molecule has 4 heteroatoms. The molecule has 100 valence electrons. The molecule has 2 aromatic heterocycles. The Bertz CT molecular complexity index is 558. The molecule has 1 amide bonds. The van der Waals surface area contributed by atoms with E-state index in [1.54, 1.807) is 6.26 Å². The molecular formula is C15H17NO2S. The van der Waals surface area contributed by atoms with E-state index in [0.717, 1.165) is 35.7 Å². The third kappa shape index (κ3) is 2.59. The fraction of sp³-hybridized carbons (Fsp3) is 0.400. The van der Waals surface area contributed by atoms with E-state index in [2.05, 4.69) is 6.92 Å². The van der Waals surface area contributed by atoms with Crippen molar-refractivity contribution in [2.24, 2.45) is 5.92 Å². The molecule has 2 aromatic rings. The summed E-state index contributed by atoms with van der Waals surface area (Å²) in [5, 5.41) is 1.99. The van der Waals surface area contributed by atoms with E-state index >= 15 is 0 Å². The van der Waals surface area contributed by atoms with Crippen LogP contribution in [0.5, 0.6) is 0 Å². The summed E-state index contributed by atoms with van der Waals surface area (Å²) in [5.74, 6) is 1.60. The Morgan fingerprint density at radius 1 is 1.53 bits per heavy atom. The standard InChI is InChI=1S/C15H17NO2S/c1-11-4-2-6-16(9-11)15(17)14-8-12(10-19-14)13-5-3-7-18-13/h3,5,7-8,10-11H,2,4,6,9H2,1H3/t11-/m0/s1. The highest BCUT2D eigenvalue weighted by molar-refractivity contribution is 7.12. The topological polar surface area (TPSA) is 33.5 Å². The van der Waals surface area contributed by atoms with Crippen molar-refractivity contribution in [2.45, 2.75) is 19.8 Å². The van der Waals surface area contributed by atoms with Gasteiger partial charge in [-0.2, -0.15) is 0 Å². The monoisotopic (exact) mass is 275 g/mol. The molecule has 0 radical (unpaired) electrons. The number of amides is 1. The van der Waals surface area contributed by atoms with Crippen LogP contribution in [0.4, 0.5) is 0 Å². The van der Waals surface area contributed by atoms with Gasteiger partial charge in [-0.1, -0.05) is 6.92 Å². The van der Waals surface area contributed by atoms with Gasteiger partial charge < -0.3 is 9.32 Å². The first-order valence-corrected chi connectivity index (χ1v) is 7.53. The molecule has 1 atom stereocenters. The van der Waals surface area contributed by atoms with Gasteiger partial charge in [-0.3, -0.25) is 4.79 Å². The molecule has 1 aliphatic rings. The molecule has 0 saturated carbocycles. The van der Waals surface area contributed by atoms with Crippen molar-refractivity contribution in [3.05, 3.63) is 34.7 Å². The van der Waals surface area contributed by atoms with Gasteiger partial charge in [-0.15, -0.1) is 11.3 Å². The molecule has 0 aliphatic carbocycles. The van der Waals surface area contributed by atoms with E-state index in [1.165, 1.54) is 17.8 Å². The average Bonchev–Trinajstić information content (AvgIpc) is 3.08. The van der Waals surface area contributed by atoms with Gasteiger partial charge in [0, 0.05) is 24.0 Å². The third-order valence-corrected chi connectivity index (χ3v) is 4.48. The Morgan fingerprint density at radius 3 is 3.16 bits per heavy atom. The van der Waals surface area contributed by atoms with E-state index in [4.69, 9.17) is 4.42 Å². The predicted octanol–water partition coefficient (Wildman–Crippen LogP) is 3.88. The third-order valence-electron chi connectivity index (χ3n) is 3.56. The number of piperidine rings is 1. The van der Waals surface area contributed by atoms with Crippen molar-refractivity contribution in [1.82, 2.24) is 4.90 Å². The van der Waals surface area contributed by atoms with E-state index in [1.807, 2.05) is 28.5 Å². The molecule has 3 nitrogen and oxygen atoms in total. The molecule has 1 aliphatic heterocycles. The first kappa shape index (κ1) is 12.5. The highest BCUT2D eigenvalue weighted by Gasteiger charge is 2.23. The van der Waals surface area contributed by atoms with E-state index in [0.29, 0.717) is 5.92 Å². The van der Waals surface area contributed by atoms with Gasteiger partial charge in [0.2, 0.25) is 0 Å². The van der Waals surface area contributed by atoms with Crippen LogP contribution in [-0.4, -0.2) is 23.9 Å². The number of likely N-dealkylation sites (tertiary alicyclic amines) is 1. The Labute approximate surface area is 116 Å². The molecule has 0 aromatic carbocycles.